The van der Waals surface area contributed by atoms with Crippen molar-refractivity contribution >= 4 is 0 Å². The summed E-state index contributed by atoms with van der Waals surface area (Å²) in [5.41, 5.74) is 9.79. The van der Waals surface area contributed by atoms with Crippen molar-refractivity contribution in [2.24, 2.45) is 11.7 Å². The van der Waals surface area contributed by atoms with E-state index in [4.69, 9.17) is 10.5 Å². The van der Waals surface area contributed by atoms with Crippen LogP contribution in [0.2, 0.25) is 0 Å². The highest BCUT2D eigenvalue weighted by Gasteiger charge is 2.11. The normalized spacial score (nSPS) is 12.9. The quantitative estimate of drug-likeness (QED) is 0.843. The molecule has 0 bridgehead atoms. The minimum Gasteiger partial charge on any atom is -0.496 e. The molecule has 0 saturated carbocycles. The first-order valence-electron chi connectivity index (χ1n) is 6.36. The molecule has 0 amide bonds. The fourth-order valence-electron chi connectivity index (χ4n) is 2.20. The first kappa shape index (κ1) is 14.0. The predicted octanol–water partition coefficient (Wildman–Crippen LogP) is 3.75. The van der Waals surface area contributed by atoms with Crippen molar-refractivity contribution in [2.45, 2.75) is 46.6 Å². The second-order valence-electron chi connectivity index (χ2n) is 5.27. The zero-order chi connectivity index (χ0) is 13.0. The number of hydrogen-bond acceptors (Lipinski definition) is 2. The van der Waals surface area contributed by atoms with Crippen molar-refractivity contribution in [3.05, 3.63) is 28.8 Å². The Labute approximate surface area is 105 Å². The maximum absolute atomic E-state index is 6.23. The van der Waals surface area contributed by atoms with Crippen LogP contribution in [0.3, 0.4) is 0 Å². The zero-order valence-corrected chi connectivity index (χ0v) is 11.7. The van der Waals surface area contributed by atoms with Gasteiger partial charge in [0.2, 0.25) is 0 Å². The van der Waals surface area contributed by atoms with Crippen LogP contribution < -0.4 is 10.5 Å². The van der Waals surface area contributed by atoms with Gasteiger partial charge in [0.05, 0.1) is 7.11 Å². The van der Waals surface area contributed by atoms with Gasteiger partial charge < -0.3 is 10.5 Å². The molecule has 0 aromatic heterocycles. The number of hydrogen-bond donors (Lipinski definition) is 1. The van der Waals surface area contributed by atoms with Crippen molar-refractivity contribution < 1.29 is 4.74 Å². The first-order chi connectivity index (χ1) is 7.95. The van der Waals surface area contributed by atoms with Crippen molar-refractivity contribution in [1.82, 2.24) is 0 Å². The third-order valence-electron chi connectivity index (χ3n) is 3.17. The molecule has 0 heterocycles. The highest BCUT2D eigenvalue weighted by molar-refractivity contribution is 5.44. The van der Waals surface area contributed by atoms with E-state index in [9.17, 15) is 0 Å². The lowest BCUT2D eigenvalue weighted by atomic mass is 9.95. The molecule has 17 heavy (non-hydrogen) atoms. The number of aryl methyl sites for hydroxylation is 2. The third-order valence-corrected chi connectivity index (χ3v) is 3.17. The largest absolute Gasteiger partial charge is 0.496 e. The summed E-state index contributed by atoms with van der Waals surface area (Å²) in [6.45, 7) is 8.61. The molecule has 0 unspecified atom stereocenters. The van der Waals surface area contributed by atoms with Gasteiger partial charge in [-0.1, -0.05) is 26.0 Å². The SMILES string of the molecule is COc1c(C)cc([C@H](N)CCC(C)C)cc1C. The van der Waals surface area contributed by atoms with Crippen LogP contribution in [0.5, 0.6) is 5.75 Å². The summed E-state index contributed by atoms with van der Waals surface area (Å²) in [7, 11) is 1.72. The molecule has 1 atom stereocenters. The second kappa shape index (κ2) is 6.06. The van der Waals surface area contributed by atoms with Crippen LogP contribution in [0.4, 0.5) is 0 Å². The van der Waals surface area contributed by atoms with E-state index in [0.717, 1.165) is 12.2 Å². The van der Waals surface area contributed by atoms with E-state index in [1.807, 2.05) is 0 Å². The molecule has 1 rings (SSSR count). The van der Waals surface area contributed by atoms with Gasteiger partial charge in [-0.05, 0) is 49.3 Å². The standard InChI is InChI=1S/C15H25NO/c1-10(2)6-7-14(16)13-8-11(3)15(17-5)12(4)9-13/h8-10,14H,6-7,16H2,1-5H3/t14-/m1/s1. The summed E-state index contributed by atoms with van der Waals surface area (Å²) in [5.74, 6) is 1.69. The minimum absolute atomic E-state index is 0.140. The van der Waals surface area contributed by atoms with Gasteiger partial charge in [-0.2, -0.15) is 0 Å². The van der Waals surface area contributed by atoms with Gasteiger partial charge >= 0.3 is 0 Å². The van der Waals surface area contributed by atoms with Gasteiger partial charge in [-0.15, -0.1) is 0 Å². The maximum Gasteiger partial charge on any atom is 0.124 e. The molecule has 0 spiro atoms. The van der Waals surface area contributed by atoms with Gasteiger partial charge in [0.25, 0.3) is 0 Å². The summed E-state index contributed by atoms with van der Waals surface area (Å²) in [6, 6.07) is 4.44. The van der Waals surface area contributed by atoms with Crippen LogP contribution in [0, 0.1) is 19.8 Å². The fourth-order valence-corrected chi connectivity index (χ4v) is 2.20. The van der Waals surface area contributed by atoms with Crippen LogP contribution >= 0.6 is 0 Å². The number of nitrogens with two attached hydrogens (primary N) is 1. The smallest absolute Gasteiger partial charge is 0.124 e. The number of ether oxygens (including phenoxy) is 1. The highest BCUT2D eigenvalue weighted by atomic mass is 16.5. The monoisotopic (exact) mass is 235 g/mol. The van der Waals surface area contributed by atoms with E-state index in [2.05, 4.69) is 39.8 Å². The number of rotatable bonds is 5. The molecule has 0 aliphatic rings. The lowest BCUT2D eigenvalue weighted by Crippen LogP contribution is -2.12. The Morgan fingerprint density at radius 1 is 1.12 bits per heavy atom. The van der Waals surface area contributed by atoms with Crippen molar-refractivity contribution in [3.8, 4) is 5.75 Å². The van der Waals surface area contributed by atoms with Crippen LogP contribution in [0.1, 0.15) is 49.4 Å². The van der Waals surface area contributed by atoms with Crippen LogP contribution in [-0.4, -0.2) is 7.11 Å². The molecule has 2 N–H and O–H groups in total. The van der Waals surface area contributed by atoms with Gasteiger partial charge in [0.15, 0.2) is 0 Å². The van der Waals surface area contributed by atoms with E-state index in [0.29, 0.717) is 5.92 Å². The highest BCUT2D eigenvalue weighted by Crippen LogP contribution is 2.28. The Morgan fingerprint density at radius 3 is 2.06 bits per heavy atom. The molecule has 1 aromatic rings. The number of benzene rings is 1. The third kappa shape index (κ3) is 3.74. The van der Waals surface area contributed by atoms with E-state index in [1.165, 1.54) is 23.1 Å². The topological polar surface area (TPSA) is 35.2 Å². The molecular weight excluding hydrogens is 210 g/mol. The van der Waals surface area contributed by atoms with Crippen LogP contribution in [0.25, 0.3) is 0 Å². The molecule has 1 aromatic carbocycles. The molecule has 2 nitrogen and oxygen atoms in total. The Bertz CT molecular complexity index is 348. The van der Waals surface area contributed by atoms with Crippen molar-refractivity contribution in [1.29, 1.82) is 0 Å². The molecule has 96 valence electrons. The molecule has 0 aliphatic carbocycles. The average Bonchev–Trinajstić information content (AvgIpc) is 2.25. The van der Waals surface area contributed by atoms with Crippen LogP contribution in [0.15, 0.2) is 12.1 Å². The van der Waals surface area contributed by atoms with Gasteiger partial charge in [0.1, 0.15) is 5.75 Å². The van der Waals surface area contributed by atoms with Crippen molar-refractivity contribution in [2.75, 3.05) is 7.11 Å². The predicted molar refractivity (Wildman–Crippen MR) is 73.5 cm³/mol. The maximum atomic E-state index is 6.23. The zero-order valence-electron chi connectivity index (χ0n) is 11.7. The first-order valence-corrected chi connectivity index (χ1v) is 6.36. The summed E-state index contributed by atoms with van der Waals surface area (Å²) in [6.07, 6.45) is 2.22. The Hall–Kier alpha value is -1.02. The van der Waals surface area contributed by atoms with Gasteiger partial charge in [-0.25, -0.2) is 0 Å². The van der Waals surface area contributed by atoms with E-state index >= 15 is 0 Å². The second-order valence-corrected chi connectivity index (χ2v) is 5.27. The fraction of sp³-hybridized carbons (Fsp3) is 0.600. The summed E-state index contributed by atoms with van der Waals surface area (Å²) in [5, 5.41) is 0. The number of methoxy groups -OCH3 is 1. The lowest BCUT2D eigenvalue weighted by molar-refractivity contribution is 0.408. The Morgan fingerprint density at radius 2 is 1.65 bits per heavy atom. The molecule has 2 heteroatoms. The Balaban J connectivity index is 2.84. The van der Waals surface area contributed by atoms with Crippen molar-refractivity contribution in [3.63, 3.8) is 0 Å². The molecular formula is C15H25NO. The lowest BCUT2D eigenvalue weighted by Gasteiger charge is -2.17. The summed E-state index contributed by atoms with van der Waals surface area (Å²) >= 11 is 0. The Kier molecular flexibility index (Phi) is 5.01. The minimum atomic E-state index is 0.140. The van der Waals surface area contributed by atoms with E-state index in [-0.39, 0.29) is 6.04 Å². The van der Waals surface area contributed by atoms with Gasteiger partial charge in [-0.3, -0.25) is 0 Å². The molecule has 0 aliphatic heterocycles. The summed E-state index contributed by atoms with van der Waals surface area (Å²) < 4.78 is 5.37. The van der Waals surface area contributed by atoms with E-state index < -0.39 is 0 Å². The van der Waals surface area contributed by atoms with Gasteiger partial charge in [0, 0.05) is 6.04 Å². The van der Waals surface area contributed by atoms with E-state index in [1.54, 1.807) is 7.11 Å². The molecule has 0 radical (unpaired) electrons. The molecule has 0 saturated heterocycles. The molecule has 0 fully saturated rings. The summed E-state index contributed by atoms with van der Waals surface area (Å²) in [4.78, 5) is 0. The average molecular weight is 235 g/mol. The van der Waals surface area contributed by atoms with Crippen LogP contribution in [-0.2, 0) is 0 Å².